The summed E-state index contributed by atoms with van der Waals surface area (Å²) in [5, 5.41) is 12.8. The van der Waals surface area contributed by atoms with Crippen LogP contribution in [0.25, 0.3) is 0 Å². The van der Waals surface area contributed by atoms with Crippen LogP contribution in [0.2, 0.25) is 0 Å². The predicted molar refractivity (Wildman–Crippen MR) is 33.7 cm³/mol. The number of hydrazine groups is 1. The molecule has 10 heavy (non-hydrogen) atoms. The minimum absolute atomic E-state index is 0. The van der Waals surface area contributed by atoms with Crippen LogP contribution in [-0.2, 0) is 0 Å². The Kier molecular flexibility index (Phi) is 4.68. The Morgan fingerprint density at radius 3 is 2.60 bits per heavy atom. The molecule has 1 N–H and O–H groups in total. The van der Waals surface area contributed by atoms with Crippen molar-refractivity contribution in [1.29, 1.82) is 0 Å². The fraction of sp³-hybridized carbons (Fsp3) is 0. The van der Waals surface area contributed by atoms with Gasteiger partial charge in [-0.1, -0.05) is 16.9 Å². The molecular weight excluding hydrogens is 188 g/mol. The molecule has 1 rings (SSSR count). The van der Waals surface area contributed by atoms with E-state index in [2.05, 4.69) is 5.10 Å². The van der Waals surface area contributed by atoms with Gasteiger partial charge < -0.3 is 0 Å². The Bertz CT molecular complexity index is 173. The minimum atomic E-state index is 0. The number of nitrogens with zero attached hydrogens (tertiary/aromatic N) is 3. The Balaban J connectivity index is 0.000000810. The van der Waals surface area contributed by atoms with Crippen molar-refractivity contribution >= 4 is 29.6 Å². The van der Waals surface area contributed by atoms with Crippen LogP contribution in [-0.4, -0.2) is 21.2 Å². The van der Waals surface area contributed by atoms with Crippen LogP contribution in [0, 0.1) is 0 Å². The summed E-state index contributed by atoms with van der Waals surface area (Å²) < 4.78 is 0.822. The summed E-state index contributed by atoms with van der Waals surface area (Å²) in [7, 11) is 0. The number of hydrogen-bond acceptors (Lipinski definition) is 4. The Hall–Kier alpha value is 0.550. The molecule has 0 amide bonds. The van der Waals surface area contributed by atoms with Gasteiger partial charge >= 0.3 is 29.6 Å². The molecule has 7 heteroatoms. The maximum Gasteiger partial charge on any atom is 1.00 e. The first kappa shape index (κ1) is 10.6. The number of halogens is 2. The average molecular weight is 191 g/mol. The average Bonchev–Trinajstić information content (AvgIpc) is 1.80. The second kappa shape index (κ2) is 4.43. The zero-order chi connectivity index (χ0) is 6.85. The van der Waals surface area contributed by atoms with E-state index in [-0.39, 0.29) is 29.6 Å². The molecule has 0 aromatic rings. The van der Waals surface area contributed by atoms with Crippen LogP contribution >= 0.6 is 23.4 Å². The maximum absolute atomic E-state index is 8.62. The maximum atomic E-state index is 8.62. The molecule has 0 saturated heterocycles. The Labute approximate surface area is 90.0 Å². The summed E-state index contributed by atoms with van der Waals surface area (Å²) in [5.74, 6) is 0. The SMILES string of the molecule is ON1N=CC(Cl)=CN1Cl.[Na+]. The summed E-state index contributed by atoms with van der Waals surface area (Å²) in [4.78, 5) is 0. The number of hydrazone groups is 1. The minimum Gasteiger partial charge on any atom is -0.251 e. The van der Waals surface area contributed by atoms with E-state index in [1.54, 1.807) is 0 Å². The van der Waals surface area contributed by atoms with E-state index in [9.17, 15) is 0 Å². The zero-order valence-electron chi connectivity index (χ0n) is 5.20. The van der Waals surface area contributed by atoms with Crippen molar-refractivity contribution in [2.75, 3.05) is 0 Å². The van der Waals surface area contributed by atoms with Crippen molar-refractivity contribution < 1.29 is 34.8 Å². The largest absolute Gasteiger partial charge is 1.00 e. The van der Waals surface area contributed by atoms with Gasteiger partial charge in [-0.25, -0.2) is 0 Å². The molecule has 0 unspecified atom stereocenters. The fourth-order valence-corrected chi connectivity index (χ4v) is 0.673. The van der Waals surface area contributed by atoms with Gasteiger partial charge in [0, 0.05) is 11.8 Å². The van der Waals surface area contributed by atoms with Gasteiger partial charge in [-0.15, -0.1) is 5.10 Å². The molecule has 4 nitrogen and oxygen atoms in total. The summed E-state index contributed by atoms with van der Waals surface area (Å²) in [6.07, 6.45) is 2.57. The van der Waals surface area contributed by atoms with Crippen LogP contribution in [0.3, 0.4) is 0 Å². The molecule has 0 saturated carbocycles. The van der Waals surface area contributed by atoms with Gasteiger partial charge in [0.05, 0.1) is 17.4 Å². The molecule has 0 atom stereocenters. The standard InChI is InChI=1S/C3H3Cl2N3O.Na/c4-3-1-6-8(9)7(5)2-3;/h1-2,9H;/q;+1. The van der Waals surface area contributed by atoms with Gasteiger partial charge in [0.1, 0.15) is 0 Å². The Morgan fingerprint density at radius 2 is 2.20 bits per heavy atom. The van der Waals surface area contributed by atoms with E-state index in [1.807, 2.05) is 0 Å². The molecule has 0 aromatic heterocycles. The van der Waals surface area contributed by atoms with E-state index >= 15 is 0 Å². The first-order valence-electron chi connectivity index (χ1n) is 2.05. The zero-order valence-corrected chi connectivity index (χ0v) is 8.71. The molecule has 0 bridgehead atoms. The molecular formula is C3H3Cl2N3NaO+. The van der Waals surface area contributed by atoms with Crippen LogP contribution in [0.5, 0.6) is 0 Å². The third kappa shape index (κ3) is 2.65. The van der Waals surface area contributed by atoms with Crippen LogP contribution < -0.4 is 29.6 Å². The monoisotopic (exact) mass is 190 g/mol. The van der Waals surface area contributed by atoms with Crippen molar-refractivity contribution in [3.8, 4) is 0 Å². The van der Waals surface area contributed by atoms with Crippen molar-refractivity contribution in [3.63, 3.8) is 0 Å². The van der Waals surface area contributed by atoms with Gasteiger partial charge in [-0.2, -0.15) is 4.53 Å². The first-order valence-corrected chi connectivity index (χ1v) is 2.77. The normalized spacial score (nSPS) is 16.5. The summed E-state index contributed by atoms with van der Waals surface area (Å²) in [6.45, 7) is 0. The molecule has 0 aliphatic carbocycles. The van der Waals surface area contributed by atoms with E-state index in [1.165, 1.54) is 12.4 Å². The first-order chi connectivity index (χ1) is 4.20. The van der Waals surface area contributed by atoms with Crippen LogP contribution in [0.1, 0.15) is 0 Å². The van der Waals surface area contributed by atoms with E-state index in [0.717, 1.165) is 4.53 Å². The molecule has 0 radical (unpaired) electrons. The second-order valence-electron chi connectivity index (χ2n) is 1.32. The van der Waals surface area contributed by atoms with Gasteiger partial charge in [-0.3, -0.25) is 5.21 Å². The fourth-order valence-electron chi connectivity index (χ4n) is 0.343. The molecule has 0 aromatic carbocycles. The molecule has 1 aliphatic rings. The number of allylic oxidation sites excluding steroid dienone is 1. The summed E-state index contributed by atoms with van der Waals surface area (Å²) in [6, 6.07) is 0. The van der Waals surface area contributed by atoms with Gasteiger partial charge in [0.15, 0.2) is 0 Å². The topological polar surface area (TPSA) is 39.1 Å². The second-order valence-corrected chi connectivity index (χ2v) is 2.10. The van der Waals surface area contributed by atoms with Crippen LogP contribution in [0.15, 0.2) is 16.3 Å². The summed E-state index contributed by atoms with van der Waals surface area (Å²) >= 11 is 10.7. The molecule has 0 spiro atoms. The third-order valence-electron chi connectivity index (χ3n) is 0.685. The van der Waals surface area contributed by atoms with Crippen molar-refractivity contribution in [2.24, 2.45) is 5.10 Å². The van der Waals surface area contributed by atoms with Crippen molar-refractivity contribution in [1.82, 2.24) is 9.81 Å². The third-order valence-corrected chi connectivity index (χ3v) is 1.11. The molecule has 1 heterocycles. The molecule has 1 aliphatic heterocycles. The number of hydrogen-bond donors (Lipinski definition) is 1. The van der Waals surface area contributed by atoms with Crippen molar-refractivity contribution in [2.45, 2.75) is 0 Å². The quantitative estimate of drug-likeness (QED) is 0.360. The predicted octanol–water partition coefficient (Wildman–Crippen LogP) is -1.87. The molecule has 0 fully saturated rings. The van der Waals surface area contributed by atoms with Gasteiger partial charge in [0.2, 0.25) is 0 Å². The van der Waals surface area contributed by atoms with E-state index in [4.69, 9.17) is 28.6 Å². The van der Waals surface area contributed by atoms with E-state index < -0.39 is 0 Å². The molecule has 50 valence electrons. The van der Waals surface area contributed by atoms with Gasteiger partial charge in [-0.05, 0) is 0 Å². The summed E-state index contributed by atoms with van der Waals surface area (Å²) in [5.41, 5.74) is 0. The van der Waals surface area contributed by atoms with Crippen molar-refractivity contribution in [3.05, 3.63) is 11.2 Å². The number of rotatable bonds is 0. The van der Waals surface area contributed by atoms with Crippen LogP contribution in [0.4, 0.5) is 0 Å². The Morgan fingerprint density at radius 1 is 1.60 bits per heavy atom. The van der Waals surface area contributed by atoms with Gasteiger partial charge in [0.25, 0.3) is 0 Å². The van der Waals surface area contributed by atoms with E-state index in [0.29, 0.717) is 10.3 Å². The smallest absolute Gasteiger partial charge is 0.251 e.